The van der Waals surface area contributed by atoms with Crippen LogP contribution in [0, 0.1) is 0 Å². The number of furan rings is 1. The molecule has 3 heterocycles. The van der Waals surface area contributed by atoms with Gasteiger partial charge >= 0.3 is 0 Å². The second-order valence-corrected chi connectivity index (χ2v) is 6.95. The number of hydrogen-bond acceptors (Lipinski definition) is 4. The first-order valence-electron chi connectivity index (χ1n) is 8.34. The van der Waals surface area contributed by atoms with Crippen molar-refractivity contribution in [3.05, 3.63) is 85.2 Å². The molecule has 0 spiro atoms. The van der Waals surface area contributed by atoms with Crippen LogP contribution in [0.3, 0.4) is 0 Å². The van der Waals surface area contributed by atoms with E-state index in [4.69, 9.17) is 9.40 Å². The number of benzene rings is 2. The lowest BCUT2D eigenvalue weighted by molar-refractivity contribution is 0.488. The van der Waals surface area contributed by atoms with Gasteiger partial charge in [-0.2, -0.15) is 0 Å². The molecule has 0 N–H and O–H groups in total. The Bertz CT molecular complexity index is 1160. The summed E-state index contributed by atoms with van der Waals surface area (Å²) in [6, 6.07) is 24.4. The van der Waals surface area contributed by atoms with Crippen LogP contribution in [0.2, 0.25) is 0 Å². The lowest BCUT2D eigenvalue weighted by Crippen LogP contribution is -1.86. The second-order valence-electron chi connectivity index (χ2n) is 5.93. The topological polar surface area (TPSA) is 38.9 Å². The molecule has 0 atom stereocenters. The van der Waals surface area contributed by atoms with Gasteiger partial charge in [0.2, 0.25) is 0 Å². The molecule has 5 rings (SSSR count). The number of rotatable bonds is 3. The first-order valence-corrected chi connectivity index (χ1v) is 9.16. The highest BCUT2D eigenvalue weighted by atomic mass is 32.2. The fraction of sp³-hybridized carbons (Fsp3) is 0. The zero-order valence-corrected chi connectivity index (χ0v) is 14.6. The SMILES string of the molecule is c1ccc2c(Sc3ccc(-c4ccncc4)o3)c3ccccc3nc2c1. The quantitative estimate of drug-likeness (QED) is 0.362. The van der Waals surface area contributed by atoms with Crippen molar-refractivity contribution in [3.63, 3.8) is 0 Å². The van der Waals surface area contributed by atoms with E-state index >= 15 is 0 Å². The van der Waals surface area contributed by atoms with E-state index < -0.39 is 0 Å². The third-order valence-corrected chi connectivity index (χ3v) is 5.35. The Kier molecular flexibility index (Phi) is 3.68. The Labute approximate surface area is 154 Å². The zero-order chi connectivity index (χ0) is 17.3. The van der Waals surface area contributed by atoms with Crippen molar-refractivity contribution in [3.8, 4) is 11.3 Å². The minimum atomic E-state index is 0.845. The van der Waals surface area contributed by atoms with Gasteiger partial charge in [-0.1, -0.05) is 48.2 Å². The number of hydrogen-bond donors (Lipinski definition) is 0. The van der Waals surface area contributed by atoms with E-state index in [2.05, 4.69) is 29.2 Å². The van der Waals surface area contributed by atoms with E-state index in [1.54, 1.807) is 24.2 Å². The van der Waals surface area contributed by atoms with Crippen molar-refractivity contribution < 1.29 is 4.42 Å². The highest BCUT2D eigenvalue weighted by Gasteiger charge is 2.13. The van der Waals surface area contributed by atoms with Gasteiger partial charge in [0.25, 0.3) is 0 Å². The van der Waals surface area contributed by atoms with E-state index in [-0.39, 0.29) is 0 Å². The predicted molar refractivity (Wildman–Crippen MR) is 105 cm³/mol. The van der Waals surface area contributed by atoms with Crippen LogP contribution in [-0.4, -0.2) is 9.97 Å². The van der Waals surface area contributed by atoms with Crippen LogP contribution in [-0.2, 0) is 0 Å². The molecule has 0 bridgehead atoms. The maximum Gasteiger partial charge on any atom is 0.165 e. The summed E-state index contributed by atoms with van der Waals surface area (Å²) in [5, 5.41) is 3.13. The van der Waals surface area contributed by atoms with E-state index in [9.17, 15) is 0 Å². The van der Waals surface area contributed by atoms with Gasteiger partial charge in [0.15, 0.2) is 5.09 Å². The molecular weight excluding hydrogens is 340 g/mol. The number of para-hydroxylation sites is 2. The van der Waals surface area contributed by atoms with E-state index in [0.29, 0.717) is 0 Å². The van der Waals surface area contributed by atoms with Gasteiger partial charge < -0.3 is 4.42 Å². The van der Waals surface area contributed by atoms with Gasteiger partial charge in [-0.05, 0) is 36.4 Å². The van der Waals surface area contributed by atoms with Crippen molar-refractivity contribution in [2.75, 3.05) is 0 Å². The van der Waals surface area contributed by atoms with Gasteiger partial charge in [0.05, 0.1) is 11.0 Å². The van der Waals surface area contributed by atoms with Gasteiger partial charge in [-0.25, -0.2) is 4.98 Å². The number of aromatic nitrogens is 2. The average molecular weight is 354 g/mol. The summed E-state index contributed by atoms with van der Waals surface area (Å²) in [6.07, 6.45) is 3.54. The summed E-state index contributed by atoms with van der Waals surface area (Å²) in [6.45, 7) is 0. The molecule has 0 radical (unpaired) electrons. The first kappa shape index (κ1) is 15.2. The largest absolute Gasteiger partial charge is 0.450 e. The first-order chi connectivity index (χ1) is 12.9. The van der Waals surface area contributed by atoms with Crippen LogP contribution < -0.4 is 0 Å². The smallest absolute Gasteiger partial charge is 0.165 e. The van der Waals surface area contributed by atoms with Gasteiger partial charge in [-0.3, -0.25) is 4.98 Å². The predicted octanol–water partition coefficient (Wildman–Crippen LogP) is 6.19. The molecular formula is C22H14N2OS. The van der Waals surface area contributed by atoms with Gasteiger partial charge in [0.1, 0.15) is 5.76 Å². The van der Waals surface area contributed by atoms with Crippen LogP contribution in [0.25, 0.3) is 33.1 Å². The molecule has 0 aliphatic rings. The minimum Gasteiger partial charge on any atom is -0.450 e. The molecule has 0 amide bonds. The fourth-order valence-electron chi connectivity index (χ4n) is 3.06. The molecule has 2 aromatic carbocycles. The van der Waals surface area contributed by atoms with E-state index in [1.807, 2.05) is 48.5 Å². The molecule has 0 saturated carbocycles. The molecule has 0 aliphatic carbocycles. The Hall–Kier alpha value is -3.11. The molecule has 3 nitrogen and oxygen atoms in total. The van der Waals surface area contributed by atoms with E-state index in [0.717, 1.165) is 38.2 Å². The normalized spacial score (nSPS) is 11.2. The maximum atomic E-state index is 6.09. The third kappa shape index (κ3) is 2.65. The van der Waals surface area contributed by atoms with Crippen molar-refractivity contribution >= 4 is 33.6 Å². The van der Waals surface area contributed by atoms with Crippen LogP contribution in [0.1, 0.15) is 0 Å². The van der Waals surface area contributed by atoms with Crippen LogP contribution in [0.15, 0.2) is 99.6 Å². The molecule has 0 fully saturated rings. The maximum absolute atomic E-state index is 6.09. The highest BCUT2D eigenvalue weighted by molar-refractivity contribution is 7.99. The molecule has 0 saturated heterocycles. The molecule has 0 aliphatic heterocycles. The number of pyridine rings is 2. The van der Waals surface area contributed by atoms with Crippen LogP contribution >= 0.6 is 11.8 Å². The summed E-state index contributed by atoms with van der Waals surface area (Å²) in [5.74, 6) is 0.845. The Balaban J connectivity index is 1.64. The fourth-order valence-corrected chi connectivity index (χ4v) is 4.09. The van der Waals surface area contributed by atoms with Gasteiger partial charge in [0, 0.05) is 33.6 Å². The zero-order valence-electron chi connectivity index (χ0n) is 13.8. The summed E-state index contributed by atoms with van der Waals surface area (Å²) in [4.78, 5) is 10.0. The lowest BCUT2D eigenvalue weighted by atomic mass is 10.1. The summed E-state index contributed by atoms with van der Waals surface area (Å²) < 4.78 is 6.09. The van der Waals surface area contributed by atoms with Crippen LogP contribution in [0.4, 0.5) is 0 Å². The standard InChI is InChI=1S/C22H14N2OS/c1-3-7-18-16(5-1)22(17-6-2-4-8-19(17)24-18)26-21-10-9-20(25-21)15-11-13-23-14-12-15/h1-14H. The number of nitrogens with zero attached hydrogens (tertiary/aromatic N) is 2. The van der Waals surface area contributed by atoms with Crippen molar-refractivity contribution in [1.82, 2.24) is 9.97 Å². The van der Waals surface area contributed by atoms with Crippen molar-refractivity contribution in [1.29, 1.82) is 0 Å². The molecule has 3 aromatic heterocycles. The van der Waals surface area contributed by atoms with E-state index in [1.165, 1.54) is 4.90 Å². The van der Waals surface area contributed by atoms with Crippen LogP contribution in [0.5, 0.6) is 0 Å². The molecule has 5 aromatic rings. The van der Waals surface area contributed by atoms with Crippen molar-refractivity contribution in [2.45, 2.75) is 9.99 Å². The highest BCUT2D eigenvalue weighted by Crippen LogP contribution is 2.39. The van der Waals surface area contributed by atoms with Crippen molar-refractivity contribution in [2.24, 2.45) is 0 Å². The molecule has 4 heteroatoms. The average Bonchev–Trinajstić information content (AvgIpc) is 3.17. The number of fused-ring (bicyclic) bond motifs is 2. The molecule has 124 valence electrons. The monoisotopic (exact) mass is 354 g/mol. The molecule has 26 heavy (non-hydrogen) atoms. The van der Waals surface area contributed by atoms with Gasteiger partial charge in [-0.15, -0.1) is 0 Å². The molecule has 0 unspecified atom stereocenters. The summed E-state index contributed by atoms with van der Waals surface area (Å²) in [7, 11) is 0. The second kappa shape index (κ2) is 6.32. The minimum absolute atomic E-state index is 0.845. The Morgan fingerprint density at radius 1 is 0.692 bits per heavy atom. The Morgan fingerprint density at radius 3 is 2.04 bits per heavy atom. The summed E-state index contributed by atoms with van der Waals surface area (Å²) in [5.41, 5.74) is 3.01. The lowest BCUT2D eigenvalue weighted by Gasteiger charge is -2.09. The Morgan fingerprint density at radius 2 is 1.35 bits per heavy atom. The third-order valence-electron chi connectivity index (χ3n) is 4.29. The summed E-state index contributed by atoms with van der Waals surface area (Å²) >= 11 is 1.64.